The molecule has 1 N–H and O–H groups in total. The number of anilines is 1. The standard InChI is InChI=1S/C15H23N/c1-13(2)12-14(3)8-7-11-16-15-9-5-4-6-10-15/h4-6,8-10,13,16H,7,11-12H2,1-3H3. The topological polar surface area (TPSA) is 12.0 Å². The number of hydrogen-bond donors (Lipinski definition) is 1. The van der Waals surface area contributed by atoms with Gasteiger partial charge in [-0.2, -0.15) is 0 Å². The molecule has 0 aliphatic heterocycles. The number of nitrogens with one attached hydrogen (secondary N) is 1. The lowest BCUT2D eigenvalue weighted by Crippen LogP contribution is -2.00. The van der Waals surface area contributed by atoms with E-state index in [0.717, 1.165) is 18.9 Å². The van der Waals surface area contributed by atoms with Gasteiger partial charge in [0, 0.05) is 12.2 Å². The molecule has 0 heterocycles. The van der Waals surface area contributed by atoms with E-state index in [0.29, 0.717) is 0 Å². The average molecular weight is 217 g/mol. The number of hydrogen-bond acceptors (Lipinski definition) is 1. The smallest absolute Gasteiger partial charge is 0.0340 e. The first-order valence-corrected chi connectivity index (χ1v) is 6.13. The van der Waals surface area contributed by atoms with E-state index in [-0.39, 0.29) is 0 Å². The second kappa shape index (κ2) is 7.10. The quantitative estimate of drug-likeness (QED) is 0.547. The Morgan fingerprint density at radius 3 is 2.56 bits per heavy atom. The predicted molar refractivity (Wildman–Crippen MR) is 72.8 cm³/mol. The highest BCUT2D eigenvalue weighted by Crippen LogP contribution is 2.10. The van der Waals surface area contributed by atoms with Crippen LogP contribution in [0.15, 0.2) is 42.0 Å². The third kappa shape index (κ3) is 5.59. The van der Waals surface area contributed by atoms with Gasteiger partial charge in [0.25, 0.3) is 0 Å². The van der Waals surface area contributed by atoms with Crippen molar-refractivity contribution in [3.8, 4) is 0 Å². The van der Waals surface area contributed by atoms with Crippen LogP contribution in [0.25, 0.3) is 0 Å². The molecular weight excluding hydrogens is 194 g/mol. The van der Waals surface area contributed by atoms with Gasteiger partial charge in [-0.05, 0) is 37.8 Å². The van der Waals surface area contributed by atoms with Crippen LogP contribution >= 0.6 is 0 Å². The summed E-state index contributed by atoms with van der Waals surface area (Å²) in [5, 5.41) is 3.41. The van der Waals surface area contributed by atoms with Gasteiger partial charge >= 0.3 is 0 Å². The number of para-hydroxylation sites is 1. The maximum atomic E-state index is 3.41. The lowest BCUT2D eigenvalue weighted by molar-refractivity contribution is 0.640. The molecule has 1 aromatic carbocycles. The fourth-order valence-corrected chi connectivity index (χ4v) is 1.82. The Kier molecular flexibility index (Phi) is 5.69. The van der Waals surface area contributed by atoms with Gasteiger partial charge in [-0.15, -0.1) is 0 Å². The van der Waals surface area contributed by atoms with Gasteiger partial charge in [-0.25, -0.2) is 0 Å². The normalized spacial score (nSPS) is 11.9. The minimum absolute atomic E-state index is 0.762. The van der Waals surface area contributed by atoms with Crippen molar-refractivity contribution >= 4 is 5.69 Å². The summed E-state index contributed by atoms with van der Waals surface area (Å²) < 4.78 is 0. The molecule has 0 radical (unpaired) electrons. The molecule has 0 saturated carbocycles. The second-order valence-corrected chi connectivity index (χ2v) is 4.73. The second-order valence-electron chi connectivity index (χ2n) is 4.73. The molecule has 0 unspecified atom stereocenters. The predicted octanol–water partition coefficient (Wildman–Crippen LogP) is 4.48. The number of rotatable bonds is 6. The highest BCUT2D eigenvalue weighted by Gasteiger charge is 1.95. The molecule has 1 heteroatoms. The van der Waals surface area contributed by atoms with E-state index in [1.807, 2.05) is 6.07 Å². The maximum absolute atomic E-state index is 3.41. The molecule has 0 spiro atoms. The van der Waals surface area contributed by atoms with Crippen LogP contribution in [0.5, 0.6) is 0 Å². The lowest BCUT2D eigenvalue weighted by Gasteiger charge is -2.06. The van der Waals surface area contributed by atoms with Crippen molar-refractivity contribution in [2.45, 2.75) is 33.6 Å². The summed E-state index contributed by atoms with van der Waals surface area (Å²) in [5.74, 6) is 0.762. The molecule has 88 valence electrons. The zero-order valence-electron chi connectivity index (χ0n) is 10.7. The van der Waals surface area contributed by atoms with Crippen molar-refractivity contribution < 1.29 is 0 Å². The first kappa shape index (κ1) is 12.8. The molecule has 0 amide bonds. The van der Waals surface area contributed by atoms with Crippen molar-refractivity contribution in [1.29, 1.82) is 0 Å². The zero-order chi connectivity index (χ0) is 11.8. The van der Waals surface area contributed by atoms with Gasteiger partial charge < -0.3 is 5.32 Å². The molecule has 0 atom stereocenters. The molecule has 0 aliphatic carbocycles. The Hall–Kier alpha value is -1.24. The van der Waals surface area contributed by atoms with E-state index < -0.39 is 0 Å². The van der Waals surface area contributed by atoms with Crippen LogP contribution in [0.1, 0.15) is 33.6 Å². The van der Waals surface area contributed by atoms with Crippen LogP contribution < -0.4 is 5.32 Å². The van der Waals surface area contributed by atoms with E-state index in [9.17, 15) is 0 Å². The number of benzene rings is 1. The SMILES string of the molecule is CC(=CCCNc1ccccc1)CC(C)C. The fraction of sp³-hybridized carbons (Fsp3) is 0.467. The van der Waals surface area contributed by atoms with E-state index in [1.165, 1.54) is 17.7 Å². The van der Waals surface area contributed by atoms with Crippen molar-refractivity contribution in [3.63, 3.8) is 0 Å². The Morgan fingerprint density at radius 1 is 1.25 bits per heavy atom. The Bertz CT molecular complexity index is 311. The maximum Gasteiger partial charge on any atom is 0.0340 e. The van der Waals surface area contributed by atoms with E-state index in [2.05, 4.69) is 56.4 Å². The largest absolute Gasteiger partial charge is 0.385 e. The summed E-state index contributed by atoms with van der Waals surface area (Å²) in [7, 11) is 0. The molecule has 16 heavy (non-hydrogen) atoms. The third-order valence-corrected chi connectivity index (χ3v) is 2.47. The number of allylic oxidation sites excluding steroid dienone is 1. The van der Waals surface area contributed by atoms with Gasteiger partial charge in [0.2, 0.25) is 0 Å². The van der Waals surface area contributed by atoms with Gasteiger partial charge in [0.05, 0.1) is 0 Å². The molecular formula is C15H23N. The molecule has 0 aliphatic rings. The highest BCUT2D eigenvalue weighted by molar-refractivity contribution is 5.42. The van der Waals surface area contributed by atoms with E-state index >= 15 is 0 Å². The Morgan fingerprint density at radius 2 is 1.94 bits per heavy atom. The minimum Gasteiger partial charge on any atom is -0.385 e. The van der Waals surface area contributed by atoms with Crippen LogP contribution in [-0.4, -0.2) is 6.54 Å². The van der Waals surface area contributed by atoms with E-state index in [1.54, 1.807) is 0 Å². The van der Waals surface area contributed by atoms with E-state index in [4.69, 9.17) is 0 Å². The molecule has 0 bridgehead atoms. The van der Waals surface area contributed by atoms with Crippen LogP contribution in [0, 0.1) is 5.92 Å². The lowest BCUT2D eigenvalue weighted by atomic mass is 10.0. The van der Waals surface area contributed by atoms with Crippen LogP contribution in [-0.2, 0) is 0 Å². The first-order chi connectivity index (χ1) is 7.68. The summed E-state index contributed by atoms with van der Waals surface area (Å²) >= 11 is 0. The summed E-state index contributed by atoms with van der Waals surface area (Å²) in [4.78, 5) is 0. The van der Waals surface area contributed by atoms with Gasteiger partial charge in [0.15, 0.2) is 0 Å². The molecule has 0 fully saturated rings. The van der Waals surface area contributed by atoms with Crippen molar-refractivity contribution in [2.75, 3.05) is 11.9 Å². The zero-order valence-corrected chi connectivity index (χ0v) is 10.7. The average Bonchev–Trinajstić information content (AvgIpc) is 2.25. The summed E-state index contributed by atoms with van der Waals surface area (Å²) in [6, 6.07) is 10.4. The Labute approximate surface area is 99.6 Å². The van der Waals surface area contributed by atoms with Crippen molar-refractivity contribution in [3.05, 3.63) is 42.0 Å². The van der Waals surface area contributed by atoms with Gasteiger partial charge in [0.1, 0.15) is 0 Å². The van der Waals surface area contributed by atoms with Crippen LogP contribution in [0.4, 0.5) is 5.69 Å². The van der Waals surface area contributed by atoms with Gasteiger partial charge in [-0.3, -0.25) is 0 Å². The molecule has 1 aromatic rings. The highest BCUT2D eigenvalue weighted by atomic mass is 14.9. The molecule has 0 aromatic heterocycles. The summed E-state index contributed by atoms with van der Waals surface area (Å²) in [6.45, 7) is 7.76. The first-order valence-electron chi connectivity index (χ1n) is 6.13. The summed E-state index contributed by atoms with van der Waals surface area (Å²) in [5.41, 5.74) is 2.71. The van der Waals surface area contributed by atoms with Crippen molar-refractivity contribution in [2.24, 2.45) is 5.92 Å². The Balaban J connectivity index is 2.21. The van der Waals surface area contributed by atoms with Crippen LogP contribution in [0.3, 0.4) is 0 Å². The summed E-state index contributed by atoms with van der Waals surface area (Å²) in [6.07, 6.45) is 4.66. The fourth-order valence-electron chi connectivity index (χ4n) is 1.82. The van der Waals surface area contributed by atoms with Crippen molar-refractivity contribution in [1.82, 2.24) is 0 Å². The minimum atomic E-state index is 0.762. The molecule has 0 saturated heterocycles. The monoisotopic (exact) mass is 217 g/mol. The third-order valence-electron chi connectivity index (χ3n) is 2.47. The molecule has 1 nitrogen and oxygen atoms in total. The molecule has 1 rings (SSSR count). The van der Waals surface area contributed by atoms with Crippen LogP contribution in [0.2, 0.25) is 0 Å². The van der Waals surface area contributed by atoms with Gasteiger partial charge in [-0.1, -0.05) is 43.7 Å².